The third kappa shape index (κ3) is 2.63. The number of nitrogens with one attached hydrogen (secondary N) is 1. The molecule has 4 heteroatoms. The molecule has 3 N–H and O–H groups in total. The zero-order chi connectivity index (χ0) is 13.4. The van der Waals surface area contributed by atoms with Gasteiger partial charge in [-0.1, -0.05) is 11.6 Å². The second-order valence-corrected chi connectivity index (χ2v) is 5.36. The molecule has 3 rings (SSSR count). The highest BCUT2D eigenvalue weighted by molar-refractivity contribution is 5.96. The van der Waals surface area contributed by atoms with Crippen molar-refractivity contribution in [3.63, 3.8) is 0 Å². The van der Waals surface area contributed by atoms with Crippen molar-refractivity contribution in [2.24, 2.45) is 11.7 Å². The molecule has 1 aromatic heterocycles. The average Bonchev–Trinajstić information content (AvgIpc) is 3.15. The molecule has 0 aliphatic heterocycles. The van der Waals surface area contributed by atoms with Gasteiger partial charge in [-0.25, -0.2) is 0 Å². The Morgan fingerprint density at radius 3 is 3.00 bits per heavy atom. The first-order chi connectivity index (χ1) is 9.13. The highest BCUT2D eigenvalue weighted by Gasteiger charge is 2.28. The SMILES string of the molecule is Cc1ccc2oc(C(=O)NCC(N)C3CC3)cc2c1. The summed E-state index contributed by atoms with van der Waals surface area (Å²) in [5.41, 5.74) is 7.84. The molecular weight excluding hydrogens is 240 g/mol. The number of aryl methyl sites for hydroxylation is 1. The zero-order valence-corrected chi connectivity index (χ0v) is 11.0. The minimum Gasteiger partial charge on any atom is -0.451 e. The Kier molecular flexibility index (Phi) is 3.03. The fraction of sp³-hybridized carbons (Fsp3) is 0.400. The lowest BCUT2D eigenvalue weighted by atomic mass is 10.2. The number of rotatable bonds is 4. The standard InChI is InChI=1S/C15H18N2O2/c1-9-2-5-13-11(6-9)7-14(19-13)15(18)17-8-12(16)10-3-4-10/h2,5-7,10,12H,3-4,8,16H2,1H3,(H,17,18). The van der Waals surface area contributed by atoms with Gasteiger partial charge < -0.3 is 15.5 Å². The van der Waals surface area contributed by atoms with Crippen LogP contribution in [0.3, 0.4) is 0 Å². The van der Waals surface area contributed by atoms with Gasteiger partial charge in [0.25, 0.3) is 5.91 Å². The number of benzene rings is 1. The maximum Gasteiger partial charge on any atom is 0.287 e. The molecule has 1 fully saturated rings. The van der Waals surface area contributed by atoms with Crippen LogP contribution in [0, 0.1) is 12.8 Å². The van der Waals surface area contributed by atoms with Gasteiger partial charge in [0, 0.05) is 18.0 Å². The van der Waals surface area contributed by atoms with Crippen molar-refractivity contribution >= 4 is 16.9 Å². The van der Waals surface area contributed by atoms with E-state index in [-0.39, 0.29) is 11.9 Å². The molecule has 1 amide bonds. The molecule has 4 nitrogen and oxygen atoms in total. The largest absolute Gasteiger partial charge is 0.451 e. The molecule has 0 bridgehead atoms. The second kappa shape index (κ2) is 4.70. The van der Waals surface area contributed by atoms with Crippen LogP contribution >= 0.6 is 0 Å². The molecule has 1 saturated carbocycles. The molecule has 1 aromatic carbocycles. The van der Waals surface area contributed by atoms with Gasteiger partial charge in [0.05, 0.1) is 0 Å². The Labute approximate surface area is 112 Å². The summed E-state index contributed by atoms with van der Waals surface area (Å²) in [6.07, 6.45) is 2.36. The Morgan fingerprint density at radius 2 is 2.26 bits per heavy atom. The molecule has 1 aliphatic carbocycles. The fourth-order valence-corrected chi connectivity index (χ4v) is 2.26. The van der Waals surface area contributed by atoms with Crippen molar-refractivity contribution in [1.29, 1.82) is 0 Å². The normalized spacial score (nSPS) is 16.5. The first kappa shape index (κ1) is 12.2. The summed E-state index contributed by atoms with van der Waals surface area (Å²) in [6, 6.07) is 7.70. The number of hydrogen-bond donors (Lipinski definition) is 2. The molecule has 2 aromatic rings. The topological polar surface area (TPSA) is 68.3 Å². The molecule has 19 heavy (non-hydrogen) atoms. The van der Waals surface area contributed by atoms with Gasteiger partial charge in [-0.05, 0) is 43.9 Å². The van der Waals surface area contributed by atoms with E-state index in [4.69, 9.17) is 10.2 Å². The van der Waals surface area contributed by atoms with Crippen LogP contribution in [0.1, 0.15) is 29.0 Å². The predicted octanol–water partition coefficient (Wildman–Crippen LogP) is 2.21. The number of nitrogens with two attached hydrogens (primary N) is 1. The monoisotopic (exact) mass is 258 g/mol. The van der Waals surface area contributed by atoms with Crippen molar-refractivity contribution in [2.45, 2.75) is 25.8 Å². The van der Waals surface area contributed by atoms with E-state index in [1.807, 2.05) is 25.1 Å². The van der Waals surface area contributed by atoms with Gasteiger partial charge >= 0.3 is 0 Å². The summed E-state index contributed by atoms with van der Waals surface area (Å²) in [5.74, 6) is 0.743. The molecule has 1 heterocycles. The molecule has 1 aliphatic rings. The smallest absolute Gasteiger partial charge is 0.287 e. The number of hydrogen-bond acceptors (Lipinski definition) is 3. The number of fused-ring (bicyclic) bond motifs is 1. The van der Waals surface area contributed by atoms with Crippen LogP contribution in [-0.2, 0) is 0 Å². The van der Waals surface area contributed by atoms with Crippen LogP contribution < -0.4 is 11.1 Å². The van der Waals surface area contributed by atoms with Crippen LogP contribution in [0.15, 0.2) is 28.7 Å². The summed E-state index contributed by atoms with van der Waals surface area (Å²) in [5, 5.41) is 3.79. The lowest BCUT2D eigenvalue weighted by Gasteiger charge is -2.10. The van der Waals surface area contributed by atoms with Crippen molar-refractivity contribution in [3.8, 4) is 0 Å². The summed E-state index contributed by atoms with van der Waals surface area (Å²) in [7, 11) is 0. The molecular formula is C15H18N2O2. The summed E-state index contributed by atoms with van der Waals surface area (Å²) in [4.78, 5) is 12.0. The van der Waals surface area contributed by atoms with E-state index in [2.05, 4.69) is 5.32 Å². The summed E-state index contributed by atoms with van der Waals surface area (Å²) in [6.45, 7) is 2.53. The Morgan fingerprint density at radius 1 is 1.47 bits per heavy atom. The van der Waals surface area contributed by atoms with Crippen LogP contribution in [0.25, 0.3) is 11.0 Å². The summed E-state index contributed by atoms with van der Waals surface area (Å²) >= 11 is 0. The van der Waals surface area contributed by atoms with Gasteiger partial charge in [-0.2, -0.15) is 0 Å². The van der Waals surface area contributed by atoms with E-state index < -0.39 is 0 Å². The lowest BCUT2D eigenvalue weighted by molar-refractivity contribution is 0.0925. The number of carbonyl (C=O) groups is 1. The average molecular weight is 258 g/mol. The fourth-order valence-electron chi connectivity index (χ4n) is 2.26. The van der Waals surface area contributed by atoms with Crippen molar-refractivity contribution in [2.75, 3.05) is 6.54 Å². The van der Waals surface area contributed by atoms with Gasteiger partial charge in [0.15, 0.2) is 5.76 Å². The Hall–Kier alpha value is -1.81. The minimum absolute atomic E-state index is 0.0653. The first-order valence-corrected chi connectivity index (χ1v) is 6.67. The molecule has 100 valence electrons. The quantitative estimate of drug-likeness (QED) is 0.883. The van der Waals surface area contributed by atoms with Gasteiger partial charge in [-0.3, -0.25) is 4.79 Å². The van der Waals surface area contributed by atoms with E-state index in [0.717, 1.165) is 16.5 Å². The van der Waals surface area contributed by atoms with Gasteiger partial charge in [0.1, 0.15) is 5.58 Å². The highest BCUT2D eigenvalue weighted by Crippen LogP contribution is 2.31. The molecule has 0 radical (unpaired) electrons. The second-order valence-electron chi connectivity index (χ2n) is 5.36. The van der Waals surface area contributed by atoms with E-state index >= 15 is 0 Å². The molecule has 1 unspecified atom stereocenters. The van der Waals surface area contributed by atoms with E-state index in [1.165, 1.54) is 12.8 Å². The van der Waals surface area contributed by atoms with E-state index in [0.29, 0.717) is 18.2 Å². The van der Waals surface area contributed by atoms with E-state index in [1.54, 1.807) is 6.07 Å². The predicted molar refractivity (Wildman–Crippen MR) is 74.0 cm³/mol. The van der Waals surface area contributed by atoms with Gasteiger partial charge in [-0.15, -0.1) is 0 Å². The zero-order valence-electron chi connectivity index (χ0n) is 11.0. The Balaban J connectivity index is 1.70. The van der Waals surface area contributed by atoms with Crippen molar-refractivity contribution in [3.05, 3.63) is 35.6 Å². The number of amides is 1. The highest BCUT2D eigenvalue weighted by atomic mass is 16.3. The lowest BCUT2D eigenvalue weighted by Crippen LogP contribution is -2.38. The third-order valence-electron chi connectivity index (χ3n) is 3.62. The van der Waals surface area contributed by atoms with Crippen molar-refractivity contribution < 1.29 is 9.21 Å². The third-order valence-corrected chi connectivity index (χ3v) is 3.62. The maximum atomic E-state index is 12.0. The van der Waals surface area contributed by atoms with E-state index in [9.17, 15) is 4.79 Å². The van der Waals surface area contributed by atoms with Crippen LogP contribution in [0.2, 0.25) is 0 Å². The molecule has 0 spiro atoms. The van der Waals surface area contributed by atoms with Crippen LogP contribution in [0.4, 0.5) is 0 Å². The Bertz CT molecular complexity index is 614. The van der Waals surface area contributed by atoms with Crippen LogP contribution in [-0.4, -0.2) is 18.5 Å². The van der Waals surface area contributed by atoms with Crippen LogP contribution in [0.5, 0.6) is 0 Å². The van der Waals surface area contributed by atoms with Crippen molar-refractivity contribution in [1.82, 2.24) is 5.32 Å². The minimum atomic E-state index is -0.190. The maximum absolute atomic E-state index is 12.0. The number of furan rings is 1. The number of carbonyl (C=O) groups excluding carboxylic acids is 1. The summed E-state index contributed by atoms with van der Waals surface area (Å²) < 4.78 is 5.54. The molecule has 0 saturated heterocycles. The molecule has 1 atom stereocenters. The first-order valence-electron chi connectivity index (χ1n) is 6.67. The van der Waals surface area contributed by atoms with Gasteiger partial charge in [0.2, 0.25) is 0 Å².